The molecule has 0 fully saturated rings. The summed E-state index contributed by atoms with van der Waals surface area (Å²) in [5, 5.41) is 20.4. The molecular formula is C25H39NO3. The Bertz CT molecular complexity index is 556. The molecule has 0 bridgehead atoms. The largest absolute Gasteiger partial charge is 0.394 e. The van der Waals surface area contributed by atoms with Gasteiger partial charge in [-0.1, -0.05) is 79.8 Å². The fourth-order valence-electron chi connectivity index (χ4n) is 2.24. The van der Waals surface area contributed by atoms with Crippen molar-refractivity contribution in [3.8, 4) is 0 Å². The van der Waals surface area contributed by atoms with Gasteiger partial charge in [0.25, 0.3) is 0 Å². The van der Waals surface area contributed by atoms with Crippen LogP contribution in [-0.2, 0) is 4.79 Å². The van der Waals surface area contributed by atoms with E-state index in [0.717, 1.165) is 38.5 Å². The summed E-state index contributed by atoms with van der Waals surface area (Å²) in [6.07, 6.45) is 31.9. The standard InChI is InChI=1S/C25H39NO3/c1-2-3-4-5-6-7-8-9-10-11-12-13-14-15-16-17-18-19-20-21-25(29)26-22-24(28)23-27/h3-4,6-7,9-10,12-13,15-16,18-19,24,27-28H,2,5,8,11,14,17,20-23H2,1H3,(H,26,29)/b4-3-,7-6-,10-9-,13-12-,16-15-,19-18-/t24-/m1/s1. The number of nitrogens with one attached hydrogen (secondary N) is 1. The third-order valence-corrected chi connectivity index (χ3v) is 3.88. The highest BCUT2D eigenvalue weighted by Crippen LogP contribution is 1.97. The highest BCUT2D eigenvalue weighted by Gasteiger charge is 2.04. The van der Waals surface area contributed by atoms with Crippen LogP contribution in [0.2, 0.25) is 0 Å². The van der Waals surface area contributed by atoms with Crippen LogP contribution in [-0.4, -0.2) is 35.4 Å². The van der Waals surface area contributed by atoms with E-state index in [-0.39, 0.29) is 19.1 Å². The van der Waals surface area contributed by atoms with Crippen molar-refractivity contribution in [1.29, 1.82) is 0 Å². The number of amides is 1. The normalized spacial score (nSPS) is 13.9. The van der Waals surface area contributed by atoms with Crippen molar-refractivity contribution in [2.24, 2.45) is 0 Å². The molecule has 1 atom stereocenters. The number of hydrogen-bond acceptors (Lipinski definition) is 3. The van der Waals surface area contributed by atoms with E-state index in [1.165, 1.54) is 0 Å². The van der Waals surface area contributed by atoms with Crippen molar-refractivity contribution in [3.05, 3.63) is 72.9 Å². The molecule has 1 amide bonds. The molecule has 29 heavy (non-hydrogen) atoms. The van der Waals surface area contributed by atoms with E-state index in [0.29, 0.717) is 12.8 Å². The minimum Gasteiger partial charge on any atom is -0.394 e. The molecule has 0 unspecified atom stereocenters. The second-order valence-corrected chi connectivity index (χ2v) is 6.59. The summed E-state index contributed by atoms with van der Waals surface area (Å²) in [5.41, 5.74) is 0. The van der Waals surface area contributed by atoms with E-state index in [1.807, 2.05) is 12.2 Å². The first-order chi connectivity index (χ1) is 14.2. The maximum Gasteiger partial charge on any atom is 0.220 e. The van der Waals surface area contributed by atoms with Crippen molar-refractivity contribution < 1.29 is 15.0 Å². The zero-order valence-electron chi connectivity index (χ0n) is 17.9. The van der Waals surface area contributed by atoms with Gasteiger partial charge in [-0.15, -0.1) is 0 Å². The lowest BCUT2D eigenvalue weighted by Gasteiger charge is -2.07. The lowest BCUT2D eigenvalue weighted by Crippen LogP contribution is -2.33. The zero-order valence-corrected chi connectivity index (χ0v) is 17.9. The number of hydrogen-bond donors (Lipinski definition) is 3. The first-order valence-corrected chi connectivity index (χ1v) is 10.7. The van der Waals surface area contributed by atoms with Gasteiger partial charge in [0.05, 0.1) is 12.7 Å². The molecule has 0 aromatic rings. The van der Waals surface area contributed by atoms with Crippen LogP contribution in [0.25, 0.3) is 0 Å². The number of rotatable bonds is 17. The number of allylic oxidation sites excluding steroid dienone is 12. The number of aliphatic hydroxyl groups is 2. The Morgan fingerprint density at radius 1 is 0.759 bits per heavy atom. The summed E-state index contributed by atoms with van der Waals surface area (Å²) in [4.78, 5) is 11.5. The van der Waals surface area contributed by atoms with E-state index in [9.17, 15) is 4.79 Å². The molecule has 0 aliphatic rings. The minimum absolute atomic E-state index is 0.0963. The molecule has 0 saturated heterocycles. The van der Waals surface area contributed by atoms with Gasteiger partial charge in [0.1, 0.15) is 0 Å². The van der Waals surface area contributed by atoms with Gasteiger partial charge < -0.3 is 15.5 Å². The molecule has 0 heterocycles. The second kappa shape index (κ2) is 22.1. The first kappa shape index (κ1) is 26.8. The molecule has 0 rings (SSSR count). The van der Waals surface area contributed by atoms with E-state index >= 15 is 0 Å². The van der Waals surface area contributed by atoms with Crippen LogP contribution in [0.3, 0.4) is 0 Å². The Kier molecular flexibility index (Phi) is 20.5. The lowest BCUT2D eigenvalue weighted by atomic mass is 10.2. The number of aliphatic hydroxyl groups excluding tert-OH is 2. The monoisotopic (exact) mass is 401 g/mol. The average Bonchev–Trinajstić information content (AvgIpc) is 2.73. The quantitative estimate of drug-likeness (QED) is 0.303. The highest BCUT2D eigenvalue weighted by atomic mass is 16.3. The lowest BCUT2D eigenvalue weighted by molar-refractivity contribution is -0.121. The van der Waals surface area contributed by atoms with E-state index in [2.05, 4.69) is 73.0 Å². The molecular weight excluding hydrogens is 362 g/mol. The summed E-state index contributed by atoms with van der Waals surface area (Å²) >= 11 is 0. The first-order valence-electron chi connectivity index (χ1n) is 10.7. The highest BCUT2D eigenvalue weighted by molar-refractivity contribution is 5.75. The summed E-state index contributed by atoms with van der Waals surface area (Å²) in [6.45, 7) is 1.90. The maximum absolute atomic E-state index is 11.5. The van der Waals surface area contributed by atoms with E-state index < -0.39 is 6.10 Å². The predicted molar refractivity (Wildman–Crippen MR) is 124 cm³/mol. The summed E-state index contributed by atoms with van der Waals surface area (Å²) in [5.74, 6) is -0.114. The van der Waals surface area contributed by atoms with Gasteiger partial charge >= 0.3 is 0 Å². The predicted octanol–water partition coefficient (Wildman–Crippen LogP) is 4.93. The van der Waals surface area contributed by atoms with Gasteiger partial charge in [0.2, 0.25) is 5.91 Å². The molecule has 3 N–H and O–H groups in total. The number of carbonyl (C=O) groups is 1. The SMILES string of the molecule is CC/C=C\C/C=C\C/C=C\C/C=C\C/C=C\C/C=C\CCC(=O)NC[C@@H](O)CO. The molecule has 162 valence electrons. The molecule has 0 aromatic heterocycles. The van der Waals surface area contributed by atoms with Crippen LogP contribution in [0, 0.1) is 0 Å². The molecule has 0 aliphatic heterocycles. The summed E-state index contributed by atoms with van der Waals surface area (Å²) in [7, 11) is 0. The van der Waals surface area contributed by atoms with Crippen LogP contribution >= 0.6 is 0 Å². The van der Waals surface area contributed by atoms with Crippen molar-refractivity contribution in [2.75, 3.05) is 13.2 Å². The number of carbonyl (C=O) groups excluding carboxylic acids is 1. The van der Waals surface area contributed by atoms with Crippen LogP contribution < -0.4 is 5.32 Å². The van der Waals surface area contributed by atoms with Gasteiger partial charge in [-0.2, -0.15) is 0 Å². The fourth-order valence-corrected chi connectivity index (χ4v) is 2.24. The van der Waals surface area contributed by atoms with Crippen molar-refractivity contribution in [2.45, 2.75) is 64.4 Å². The minimum atomic E-state index is -0.884. The fraction of sp³-hybridized carbons (Fsp3) is 0.480. The van der Waals surface area contributed by atoms with Crippen LogP contribution in [0.5, 0.6) is 0 Å². The second-order valence-electron chi connectivity index (χ2n) is 6.59. The van der Waals surface area contributed by atoms with Crippen molar-refractivity contribution in [1.82, 2.24) is 5.32 Å². The molecule has 0 aliphatic carbocycles. The summed E-state index contributed by atoms with van der Waals surface area (Å²) < 4.78 is 0. The van der Waals surface area contributed by atoms with Gasteiger partial charge in [-0.3, -0.25) is 4.79 Å². The van der Waals surface area contributed by atoms with E-state index in [1.54, 1.807) is 0 Å². The average molecular weight is 402 g/mol. The molecule has 0 saturated carbocycles. The van der Waals surface area contributed by atoms with Crippen molar-refractivity contribution in [3.63, 3.8) is 0 Å². The van der Waals surface area contributed by atoms with Gasteiger partial charge in [0, 0.05) is 13.0 Å². The molecule has 0 spiro atoms. The Morgan fingerprint density at radius 2 is 1.17 bits per heavy atom. The topological polar surface area (TPSA) is 69.6 Å². The Morgan fingerprint density at radius 3 is 1.59 bits per heavy atom. The zero-order chi connectivity index (χ0) is 21.4. The van der Waals surface area contributed by atoms with Gasteiger partial charge in [-0.25, -0.2) is 0 Å². The third-order valence-electron chi connectivity index (χ3n) is 3.88. The Labute approximate surface area is 177 Å². The van der Waals surface area contributed by atoms with Crippen molar-refractivity contribution >= 4 is 5.91 Å². The van der Waals surface area contributed by atoms with Crippen LogP contribution in [0.1, 0.15) is 58.3 Å². The smallest absolute Gasteiger partial charge is 0.220 e. The molecule has 4 heteroatoms. The maximum atomic E-state index is 11.5. The molecule has 0 aromatic carbocycles. The van der Waals surface area contributed by atoms with Gasteiger partial charge in [-0.05, 0) is 44.9 Å². The van der Waals surface area contributed by atoms with E-state index in [4.69, 9.17) is 10.2 Å². The molecule has 4 nitrogen and oxygen atoms in total. The third kappa shape index (κ3) is 22.0. The van der Waals surface area contributed by atoms with Crippen LogP contribution in [0.4, 0.5) is 0 Å². The Balaban J connectivity index is 3.58. The Hall–Kier alpha value is -2.17. The molecule has 0 radical (unpaired) electrons. The summed E-state index contributed by atoms with van der Waals surface area (Å²) in [6, 6.07) is 0. The van der Waals surface area contributed by atoms with Crippen LogP contribution in [0.15, 0.2) is 72.9 Å². The van der Waals surface area contributed by atoms with Gasteiger partial charge in [0.15, 0.2) is 0 Å².